The van der Waals surface area contributed by atoms with Gasteiger partial charge in [-0.15, -0.1) is 0 Å². The summed E-state index contributed by atoms with van der Waals surface area (Å²) in [6.07, 6.45) is 4.41. The minimum atomic E-state index is -0.0355. The van der Waals surface area contributed by atoms with Crippen LogP contribution in [0.15, 0.2) is 24.3 Å². The largest absolute Gasteiger partial charge is 0.326 e. The fourth-order valence-corrected chi connectivity index (χ4v) is 1.76. The predicted molar refractivity (Wildman–Crippen MR) is 65.2 cm³/mol. The van der Waals surface area contributed by atoms with Crippen LogP contribution >= 0.6 is 0 Å². The van der Waals surface area contributed by atoms with Gasteiger partial charge in [0.15, 0.2) is 0 Å². The van der Waals surface area contributed by atoms with Crippen molar-refractivity contribution in [2.24, 2.45) is 5.73 Å². The molecular weight excluding hydrogens is 200 g/mol. The molecule has 1 amide bonds. The lowest BCUT2D eigenvalue weighted by atomic mass is 10.0. The molecule has 1 fully saturated rings. The molecule has 2 rings (SSSR count). The van der Waals surface area contributed by atoms with E-state index in [4.69, 9.17) is 5.73 Å². The Morgan fingerprint density at radius 3 is 2.50 bits per heavy atom. The Labute approximate surface area is 96.0 Å². The van der Waals surface area contributed by atoms with Crippen LogP contribution in [0.4, 0.5) is 5.69 Å². The summed E-state index contributed by atoms with van der Waals surface area (Å²) in [6, 6.07) is 7.98. The van der Waals surface area contributed by atoms with Crippen LogP contribution in [0.1, 0.15) is 31.7 Å². The van der Waals surface area contributed by atoms with Crippen molar-refractivity contribution in [1.29, 1.82) is 0 Å². The maximum absolute atomic E-state index is 10.8. The number of aryl methyl sites for hydroxylation is 1. The number of hydrogen-bond acceptors (Lipinski definition) is 2. The molecule has 0 heterocycles. The molecule has 3 heteroatoms. The van der Waals surface area contributed by atoms with Gasteiger partial charge in [0, 0.05) is 18.2 Å². The van der Waals surface area contributed by atoms with E-state index in [0.717, 1.165) is 31.4 Å². The molecule has 86 valence electrons. The van der Waals surface area contributed by atoms with Gasteiger partial charge in [0.1, 0.15) is 0 Å². The maximum atomic E-state index is 10.8. The van der Waals surface area contributed by atoms with Crippen LogP contribution in [0.25, 0.3) is 0 Å². The van der Waals surface area contributed by atoms with Crippen LogP contribution in [-0.2, 0) is 11.2 Å². The molecule has 0 aliphatic heterocycles. The number of anilines is 1. The van der Waals surface area contributed by atoms with Crippen molar-refractivity contribution in [1.82, 2.24) is 0 Å². The van der Waals surface area contributed by atoms with E-state index >= 15 is 0 Å². The second-order valence-electron chi connectivity index (χ2n) is 4.74. The van der Waals surface area contributed by atoms with Gasteiger partial charge in [-0.1, -0.05) is 12.1 Å². The minimum absolute atomic E-state index is 0.0355. The van der Waals surface area contributed by atoms with Crippen molar-refractivity contribution >= 4 is 11.6 Å². The average Bonchev–Trinajstić information content (AvgIpc) is 2.96. The van der Waals surface area contributed by atoms with Crippen LogP contribution in [0.2, 0.25) is 0 Å². The van der Waals surface area contributed by atoms with E-state index in [9.17, 15) is 4.79 Å². The first-order chi connectivity index (χ1) is 7.57. The number of carbonyl (C=O) groups is 1. The summed E-state index contributed by atoms with van der Waals surface area (Å²) in [5, 5.41) is 2.75. The van der Waals surface area contributed by atoms with Gasteiger partial charge in [-0.25, -0.2) is 0 Å². The Balaban J connectivity index is 1.88. The van der Waals surface area contributed by atoms with Gasteiger partial charge in [-0.3, -0.25) is 4.79 Å². The Hall–Kier alpha value is -1.35. The van der Waals surface area contributed by atoms with Crippen molar-refractivity contribution in [3.63, 3.8) is 0 Å². The van der Waals surface area contributed by atoms with E-state index in [2.05, 4.69) is 17.4 Å². The molecule has 3 nitrogen and oxygen atoms in total. The number of benzene rings is 1. The molecule has 1 saturated carbocycles. The van der Waals surface area contributed by atoms with Crippen LogP contribution in [0.5, 0.6) is 0 Å². The fraction of sp³-hybridized carbons (Fsp3) is 0.462. The van der Waals surface area contributed by atoms with Crippen molar-refractivity contribution in [2.75, 3.05) is 5.32 Å². The number of hydrogen-bond donors (Lipinski definition) is 2. The van der Waals surface area contributed by atoms with Crippen LogP contribution in [0.3, 0.4) is 0 Å². The Morgan fingerprint density at radius 2 is 2.00 bits per heavy atom. The fourth-order valence-electron chi connectivity index (χ4n) is 1.76. The van der Waals surface area contributed by atoms with E-state index in [1.807, 2.05) is 12.1 Å². The number of carbonyl (C=O) groups excluding carboxylic acids is 1. The molecule has 1 aliphatic rings. The Morgan fingerprint density at radius 1 is 1.38 bits per heavy atom. The van der Waals surface area contributed by atoms with E-state index in [0.29, 0.717) is 0 Å². The lowest BCUT2D eigenvalue weighted by Gasteiger charge is -2.08. The number of nitrogens with one attached hydrogen (secondary N) is 1. The molecule has 0 aromatic heterocycles. The van der Waals surface area contributed by atoms with Gasteiger partial charge in [0.25, 0.3) is 0 Å². The topological polar surface area (TPSA) is 55.1 Å². The molecular formula is C13H18N2O. The summed E-state index contributed by atoms with van der Waals surface area (Å²) in [5.41, 5.74) is 8.29. The van der Waals surface area contributed by atoms with Crippen molar-refractivity contribution in [3.8, 4) is 0 Å². The first-order valence-corrected chi connectivity index (χ1v) is 5.73. The third-order valence-corrected chi connectivity index (χ3v) is 3.08. The molecule has 1 aromatic rings. The van der Waals surface area contributed by atoms with Gasteiger partial charge < -0.3 is 11.1 Å². The summed E-state index contributed by atoms with van der Waals surface area (Å²) in [6.45, 7) is 1.51. The highest BCUT2D eigenvalue weighted by Gasteiger charge is 2.37. The first kappa shape index (κ1) is 11.1. The quantitative estimate of drug-likeness (QED) is 0.812. The lowest BCUT2D eigenvalue weighted by Crippen LogP contribution is -2.22. The normalized spacial score (nSPS) is 16.9. The van der Waals surface area contributed by atoms with Gasteiger partial charge in [0.2, 0.25) is 5.91 Å². The van der Waals surface area contributed by atoms with E-state index in [-0.39, 0.29) is 11.4 Å². The summed E-state index contributed by atoms with van der Waals surface area (Å²) >= 11 is 0. The summed E-state index contributed by atoms with van der Waals surface area (Å²) < 4.78 is 0. The second-order valence-corrected chi connectivity index (χ2v) is 4.74. The molecule has 0 saturated heterocycles. The highest BCUT2D eigenvalue weighted by Crippen LogP contribution is 2.36. The zero-order valence-electron chi connectivity index (χ0n) is 9.62. The highest BCUT2D eigenvalue weighted by atomic mass is 16.1. The minimum Gasteiger partial charge on any atom is -0.326 e. The Kier molecular flexibility index (Phi) is 2.97. The van der Waals surface area contributed by atoms with E-state index in [1.165, 1.54) is 12.5 Å². The molecule has 0 spiro atoms. The van der Waals surface area contributed by atoms with Crippen LogP contribution < -0.4 is 11.1 Å². The molecule has 1 aliphatic carbocycles. The Bertz CT molecular complexity index is 379. The number of amides is 1. The van der Waals surface area contributed by atoms with Crippen molar-refractivity contribution < 1.29 is 4.79 Å². The van der Waals surface area contributed by atoms with Gasteiger partial charge in [-0.2, -0.15) is 0 Å². The van der Waals surface area contributed by atoms with Gasteiger partial charge >= 0.3 is 0 Å². The SMILES string of the molecule is CC(=O)Nc1ccc(CCC2(N)CC2)cc1. The maximum Gasteiger partial charge on any atom is 0.221 e. The second kappa shape index (κ2) is 4.26. The molecule has 0 unspecified atom stereocenters. The van der Waals surface area contributed by atoms with E-state index in [1.54, 1.807) is 0 Å². The van der Waals surface area contributed by atoms with Gasteiger partial charge in [-0.05, 0) is 43.4 Å². The predicted octanol–water partition coefficient (Wildman–Crippen LogP) is 2.07. The number of rotatable bonds is 4. The summed E-state index contributed by atoms with van der Waals surface area (Å²) in [5.74, 6) is -0.0355. The smallest absolute Gasteiger partial charge is 0.221 e. The molecule has 0 atom stereocenters. The molecule has 3 N–H and O–H groups in total. The standard InChI is InChI=1S/C13H18N2O/c1-10(16)15-12-4-2-11(3-5-12)6-7-13(14)8-9-13/h2-5H,6-9,14H2,1H3,(H,15,16). The van der Waals surface area contributed by atoms with Crippen LogP contribution in [0, 0.1) is 0 Å². The van der Waals surface area contributed by atoms with Crippen molar-refractivity contribution in [3.05, 3.63) is 29.8 Å². The lowest BCUT2D eigenvalue weighted by molar-refractivity contribution is -0.114. The summed E-state index contributed by atoms with van der Waals surface area (Å²) in [7, 11) is 0. The zero-order valence-corrected chi connectivity index (χ0v) is 9.62. The van der Waals surface area contributed by atoms with Gasteiger partial charge in [0.05, 0.1) is 0 Å². The molecule has 16 heavy (non-hydrogen) atoms. The molecule has 0 bridgehead atoms. The highest BCUT2D eigenvalue weighted by molar-refractivity contribution is 5.88. The monoisotopic (exact) mass is 218 g/mol. The summed E-state index contributed by atoms with van der Waals surface area (Å²) in [4.78, 5) is 10.8. The third kappa shape index (κ3) is 3.07. The third-order valence-electron chi connectivity index (χ3n) is 3.08. The first-order valence-electron chi connectivity index (χ1n) is 5.73. The van der Waals surface area contributed by atoms with Crippen LogP contribution in [-0.4, -0.2) is 11.4 Å². The number of nitrogens with two attached hydrogens (primary N) is 1. The average molecular weight is 218 g/mol. The molecule has 1 aromatic carbocycles. The van der Waals surface area contributed by atoms with Crippen molar-refractivity contribution in [2.45, 2.75) is 38.1 Å². The zero-order chi connectivity index (χ0) is 11.6. The molecule has 0 radical (unpaired) electrons. The van der Waals surface area contributed by atoms with E-state index < -0.39 is 0 Å².